The minimum absolute atomic E-state index is 0. The molecular weight excluding hydrogens is 372 g/mol. The van der Waals surface area contributed by atoms with Crippen molar-refractivity contribution >= 4 is 27.0 Å². The van der Waals surface area contributed by atoms with E-state index in [1.165, 1.54) is 24.6 Å². The second-order valence-electron chi connectivity index (χ2n) is 3.71. The molecular formula is C11H28P2Y2. The van der Waals surface area contributed by atoms with Crippen molar-refractivity contribution in [1.29, 1.82) is 0 Å². The molecule has 0 aliphatic carbocycles. The van der Waals surface area contributed by atoms with Crippen molar-refractivity contribution in [2.45, 2.75) is 27.7 Å². The first-order valence-electron chi connectivity index (χ1n) is 5.28. The van der Waals surface area contributed by atoms with Gasteiger partial charge in [0, 0.05) is 65.4 Å². The van der Waals surface area contributed by atoms with Gasteiger partial charge in [0.25, 0.3) is 0 Å². The third kappa shape index (κ3) is 22.5. The standard InChI is InChI=1S/C6H15P.C5H13P.2Y/c1-5-7(3,4)6-2;1-4-6(3)5-2;;/h3,5-6H2,1-2,4H3;6H,3-5H2,1-2H3;;. The van der Waals surface area contributed by atoms with Crippen LogP contribution in [0.25, 0.3) is 0 Å². The zero-order valence-corrected chi connectivity index (χ0v) is 18.9. The van der Waals surface area contributed by atoms with Crippen LogP contribution < -0.4 is 0 Å². The summed E-state index contributed by atoms with van der Waals surface area (Å²) in [5.41, 5.74) is 0. The van der Waals surface area contributed by atoms with Gasteiger partial charge in [-0.2, -0.15) is 0 Å². The summed E-state index contributed by atoms with van der Waals surface area (Å²) in [4.78, 5) is 0. The van der Waals surface area contributed by atoms with Crippen LogP contribution in [0, 0.1) is 0 Å². The monoisotopic (exact) mass is 400 g/mol. The van der Waals surface area contributed by atoms with Crippen molar-refractivity contribution in [3.05, 3.63) is 0 Å². The number of hydrogen-bond acceptors (Lipinski definition) is 0. The SMILES string of the molecule is C=P(C)(CC)CC.C=[PH](CC)CC.[Y].[Y]. The van der Waals surface area contributed by atoms with Crippen LogP contribution in [0.1, 0.15) is 27.7 Å². The fourth-order valence-electron chi connectivity index (χ4n) is 0.474. The fraction of sp³-hybridized carbons (Fsp3) is 0.818. The largest absolute Gasteiger partial charge is 0.125 e. The Morgan fingerprint density at radius 2 is 1.20 bits per heavy atom. The summed E-state index contributed by atoms with van der Waals surface area (Å²) >= 11 is 0. The van der Waals surface area contributed by atoms with Gasteiger partial charge in [0.15, 0.2) is 0 Å². The van der Waals surface area contributed by atoms with E-state index in [4.69, 9.17) is 0 Å². The first kappa shape index (κ1) is 26.4. The predicted molar refractivity (Wildman–Crippen MR) is 77.6 cm³/mol. The Balaban J connectivity index is -0.0000000718. The van der Waals surface area contributed by atoms with Crippen molar-refractivity contribution in [2.24, 2.45) is 0 Å². The Morgan fingerprint density at radius 3 is 1.20 bits per heavy atom. The molecule has 15 heavy (non-hydrogen) atoms. The van der Waals surface area contributed by atoms with E-state index in [0.29, 0.717) is 0 Å². The minimum atomic E-state index is -0.654. The maximum Gasteiger partial charge on any atom is 0 e. The number of rotatable bonds is 4. The summed E-state index contributed by atoms with van der Waals surface area (Å²) in [5, 5.41) is 0. The third-order valence-corrected chi connectivity index (χ3v) is 7.58. The molecule has 0 aliphatic rings. The molecule has 0 bridgehead atoms. The van der Waals surface area contributed by atoms with Crippen LogP contribution in [0.5, 0.6) is 0 Å². The van der Waals surface area contributed by atoms with Crippen molar-refractivity contribution in [1.82, 2.24) is 0 Å². The van der Waals surface area contributed by atoms with Crippen LogP contribution in [0.4, 0.5) is 0 Å². The Kier molecular flexibility index (Phi) is 29.6. The van der Waals surface area contributed by atoms with E-state index < -0.39 is 6.89 Å². The fourth-order valence-corrected chi connectivity index (χ4v) is 1.42. The Hall–Kier alpha value is 2.81. The first-order chi connectivity index (χ1) is 5.93. The molecule has 0 aromatic carbocycles. The molecule has 0 saturated carbocycles. The molecule has 0 unspecified atom stereocenters. The molecule has 2 radical (unpaired) electrons. The van der Waals surface area contributed by atoms with E-state index >= 15 is 0 Å². The summed E-state index contributed by atoms with van der Waals surface area (Å²) in [6.07, 6.45) is 13.3. The maximum absolute atomic E-state index is 4.12. The van der Waals surface area contributed by atoms with Gasteiger partial charge in [0.2, 0.25) is 0 Å². The van der Waals surface area contributed by atoms with Crippen LogP contribution >= 0.6 is 14.4 Å². The van der Waals surface area contributed by atoms with Crippen LogP contribution in [0.2, 0.25) is 0 Å². The topological polar surface area (TPSA) is 0 Å². The summed E-state index contributed by atoms with van der Waals surface area (Å²) in [6.45, 7) is 10.5. The van der Waals surface area contributed by atoms with Gasteiger partial charge >= 0.3 is 0 Å². The van der Waals surface area contributed by atoms with Crippen LogP contribution in [-0.2, 0) is 65.4 Å². The molecule has 0 aliphatic heterocycles. The summed E-state index contributed by atoms with van der Waals surface area (Å²) < 4.78 is 0. The summed E-state index contributed by atoms with van der Waals surface area (Å²) in [5.74, 6) is 0. The van der Waals surface area contributed by atoms with Crippen LogP contribution in [0.15, 0.2) is 0 Å². The van der Waals surface area contributed by atoms with E-state index in [9.17, 15) is 0 Å². The van der Waals surface area contributed by atoms with E-state index in [1.54, 1.807) is 0 Å². The van der Waals surface area contributed by atoms with Crippen molar-refractivity contribution in [3.63, 3.8) is 0 Å². The van der Waals surface area contributed by atoms with Gasteiger partial charge in [-0.15, -0.1) is 27.0 Å². The van der Waals surface area contributed by atoms with Gasteiger partial charge in [0.1, 0.15) is 0 Å². The molecule has 0 N–H and O–H groups in total. The Morgan fingerprint density at radius 1 is 0.933 bits per heavy atom. The molecule has 0 heterocycles. The van der Waals surface area contributed by atoms with Crippen LogP contribution in [0.3, 0.4) is 0 Å². The maximum atomic E-state index is 4.12. The van der Waals surface area contributed by atoms with Gasteiger partial charge in [-0.05, 0) is 31.3 Å². The smallest absolute Gasteiger partial charge is 0 e. The molecule has 0 fully saturated rings. The molecule has 0 nitrogen and oxygen atoms in total. The van der Waals surface area contributed by atoms with Crippen molar-refractivity contribution in [3.8, 4) is 0 Å². The summed E-state index contributed by atoms with van der Waals surface area (Å²) in [7, 11) is -0.118. The van der Waals surface area contributed by atoms with E-state index in [1.807, 2.05) is 0 Å². The quantitative estimate of drug-likeness (QED) is 0.631. The van der Waals surface area contributed by atoms with E-state index in [0.717, 1.165) is 0 Å². The Labute approximate surface area is 149 Å². The predicted octanol–water partition coefficient (Wildman–Crippen LogP) is 3.77. The molecule has 0 atom stereocenters. The van der Waals surface area contributed by atoms with Crippen molar-refractivity contribution in [2.75, 3.05) is 31.3 Å². The second-order valence-corrected chi connectivity index (χ2v) is 11.1. The van der Waals surface area contributed by atoms with Gasteiger partial charge in [-0.25, -0.2) is 0 Å². The van der Waals surface area contributed by atoms with Gasteiger partial charge in [-0.1, -0.05) is 27.7 Å². The molecule has 0 aromatic heterocycles. The molecule has 0 rings (SSSR count). The molecule has 0 spiro atoms. The molecule has 0 saturated heterocycles. The minimum Gasteiger partial charge on any atom is -0.125 e. The molecule has 0 amide bonds. The molecule has 0 aromatic rings. The number of hydrogen-bond donors (Lipinski definition) is 0. The van der Waals surface area contributed by atoms with E-state index in [2.05, 4.69) is 47.0 Å². The molecule has 4 heteroatoms. The van der Waals surface area contributed by atoms with E-state index in [-0.39, 0.29) is 73.0 Å². The van der Waals surface area contributed by atoms with Gasteiger partial charge in [0.05, 0.1) is 0 Å². The summed E-state index contributed by atoms with van der Waals surface area (Å²) in [6, 6.07) is 0. The van der Waals surface area contributed by atoms with Gasteiger partial charge < -0.3 is 0 Å². The normalized spacial score (nSPS) is 9.47. The average molecular weight is 400 g/mol. The molecule has 88 valence electrons. The zero-order chi connectivity index (χ0) is 10.9. The van der Waals surface area contributed by atoms with Crippen LogP contribution in [-0.4, -0.2) is 43.9 Å². The third-order valence-electron chi connectivity index (χ3n) is 2.53. The Bertz CT molecular complexity index is 165. The van der Waals surface area contributed by atoms with Gasteiger partial charge in [-0.3, -0.25) is 0 Å². The van der Waals surface area contributed by atoms with Crippen molar-refractivity contribution < 1.29 is 65.4 Å². The first-order valence-corrected chi connectivity index (χ1v) is 10.2. The second kappa shape index (κ2) is 16.8. The average Bonchev–Trinajstić information content (AvgIpc) is 2.17. The zero-order valence-electron chi connectivity index (χ0n) is 11.3.